The highest BCUT2D eigenvalue weighted by Gasteiger charge is 2.63. The van der Waals surface area contributed by atoms with E-state index < -0.39 is 0 Å². The molecule has 1 nitrogen and oxygen atoms in total. The van der Waals surface area contributed by atoms with Gasteiger partial charge in [-0.05, 0) is 115 Å². The average Bonchev–Trinajstić information content (AvgIpc) is 3.18. The van der Waals surface area contributed by atoms with Crippen molar-refractivity contribution in [3.05, 3.63) is 11.1 Å². The lowest BCUT2D eigenvalue weighted by atomic mass is 9.43. The molecule has 0 heterocycles. The van der Waals surface area contributed by atoms with Gasteiger partial charge in [0.15, 0.2) is 0 Å². The largest absolute Gasteiger partial charge is 0.393 e. The molecule has 0 aliphatic heterocycles. The topological polar surface area (TPSA) is 20.2 Å². The van der Waals surface area contributed by atoms with Crippen LogP contribution in [0.3, 0.4) is 0 Å². The van der Waals surface area contributed by atoms with Gasteiger partial charge in [-0.2, -0.15) is 0 Å². The van der Waals surface area contributed by atoms with E-state index in [4.69, 9.17) is 0 Å². The monoisotopic (exact) mass is 440 g/mol. The van der Waals surface area contributed by atoms with E-state index in [9.17, 15) is 5.11 Å². The van der Waals surface area contributed by atoms with Crippen LogP contribution < -0.4 is 0 Å². The van der Waals surface area contributed by atoms with E-state index in [0.717, 1.165) is 36.0 Å². The molecule has 1 heteroatoms. The minimum absolute atomic E-state index is 0.0526. The van der Waals surface area contributed by atoms with Crippen molar-refractivity contribution >= 4 is 0 Å². The Morgan fingerprint density at radius 3 is 2.22 bits per heavy atom. The molecule has 0 bridgehead atoms. The van der Waals surface area contributed by atoms with Crippen molar-refractivity contribution in [2.45, 2.75) is 126 Å². The van der Waals surface area contributed by atoms with Crippen molar-refractivity contribution in [3.63, 3.8) is 0 Å². The third-order valence-electron chi connectivity index (χ3n) is 13.5. The third kappa shape index (κ3) is 2.97. The van der Waals surface area contributed by atoms with Crippen LogP contribution in [0.2, 0.25) is 0 Å². The maximum atomic E-state index is 10.8. The summed E-state index contributed by atoms with van der Waals surface area (Å²) in [5, 5.41) is 10.8. The Balaban J connectivity index is 1.41. The summed E-state index contributed by atoms with van der Waals surface area (Å²) in [6.45, 7) is 20.2. The van der Waals surface area contributed by atoms with E-state index in [1.165, 1.54) is 57.8 Å². The second-order valence-corrected chi connectivity index (χ2v) is 14.7. The molecule has 182 valence electrons. The van der Waals surface area contributed by atoms with Crippen LogP contribution in [0.4, 0.5) is 0 Å². The lowest BCUT2D eigenvalue weighted by Crippen LogP contribution is -2.55. The van der Waals surface area contributed by atoms with Crippen molar-refractivity contribution in [1.29, 1.82) is 0 Å². The molecular formula is C31H52O. The molecule has 0 saturated heterocycles. The molecule has 5 aliphatic rings. The highest BCUT2D eigenvalue weighted by atomic mass is 16.3. The number of aliphatic hydroxyl groups excluding tert-OH is 1. The van der Waals surface area contributed by atoms with Crippen molar-refractivity contribution < 1.29 is 5.11 Å². The van der Waals surface area contributed by atoms with Crippen molar-refractivity contribution in [2.75, 3.05) is 0 Å². The second kappa shape index (κ2) is 7.35. The first kappa shape index (κ1) is 23.4. The van der Waals surface area contributed by atoms with Crippen LogP contribution in [0, 0.1) is 57.2 Å². The molecule has 0 aromatic heterocycles. The minimum Gasteiger partial charge on any atom is -0.393 e. The second-order valence-electron chi connectivity index (χ2n) is 14.7. The van der Waals surface area contributed by atoms with Gasteiger partial charge >= 0.3 is 0 Å². The molecule has 0 radical (unpaired) electrons. The predicted molar refractivity (Wildman–Crippen MR) is 135 cm³/mol. The summed E-state index contributed by atoms with van der Waals surface area (Å²) in [5.41, 5.74) is 5.03. The summed E-state index contributed by atoms with van der Waals surface area (Å²) < 4.78 is 0. The zero-order valence-electron chi connectivity index (χ0n) is 22.6. The van der Waals surface area contributed by atoms with E-state index in [1.807, 2.05) is 11.1 Å². The molecule has 0 aromatic rings. The van der Waals surface area contributed by atoms with Gasteiger partial charge in [0, 0.05) is 0 Å². The lowest BCUT2D eigenvalue weighted by Gasteiger charge is -2.62. The van der Waals surface area contributed by atoms with Crippen LogP contribution in [-0.4, -0.2) is 11.2 Å². The van der Waals surface area contributed by atoms with E-state index in [1.54, 1.807) is 0 Å². The summed E-state index contributed by atoms with van der Waals surface area (Å²) in [6.07, 6.45) is 13.2. The summed E-state index contributed by atoms with van der Waals surface area (Å²) in [5.74, 6) is 5.38. The molecule has 3 saturated carbocycles. The molecule has 5 rings (SSSR count). The van der Waals surface area contributed by atoms with Gasteiger partial charge in [0.25, 0.3) is 0 Å². The van der Waals surface area contributed by atoms with Crippen molar-refractivity contribution in [3.8, 4) is 0 Å². The van der Waals surface area contributed by atoms with Gasteiger partial charge in [0.05, 0.1) is 6.10 Å². The van der Waals surface area contributed by atoms with Crippen molar-refractivity contribution in [1.82, 2.24) is 0 Å². The standard InChI is InChI=1S/C31H52O/c1-19(9-10-22-20(2)21(22)3)23-13-17-31(8)25-11-12-26-28(4,5)27(32)15-16-29(26,6)24(25)14-18-30(23,31)7/h19-23,26-27,32H,9-18H2,1-8H3/t19-,20?,21?,22?,23?,26?,27+,29-,30-,31+/m1/s1. The van der Waals surface area contributed by atoms with Gasteiger partial charge in [-0.1, -0.05) is 73.0 Å². The van der Waals surface area contributed by atoms with Crippen LogP contribution in [0.15, 0.2) is 11.1 Å². The molecule has 0 amide bonds. The zero-order chi connectivity index (χ0) is 23.3. The first-order chi connectivity index (χ1) is 14.9. The fourth-order valence-corrected chi connectivity index (χ4v) is 10.6. The summed E-state index contributed by atoms with van der Waals surface area (Å²) in [4.78, 5) is 0. The summed E-state index contributed by atoms with van der Waals surface area (Å²) in [6, 6.07) is 0. The molecule has 9 atom stereocenters. The maximum Gasteiger partial charge on any atom is 0.0594 e. The third-order valence-corrected chi connectivity index (χ3v) is 13.5. The molecule has 32 heavy (non-hydrogen) atoms. The Hall–Kier alpha value is -0.300. The Bertz CT molecular complexity index is 784. The quantitative estimate of drug-likeness (QED) is 0.435. The van der Waals surface area contributed by atoms with E-state index in [2.05, 4.69) is 55.4 Å². The first-order valence-corrected chi connectivity index (χ1v) is 14.3. The number of fused-ring (bicyclic) bond motifs is 4. The molecule has 5 aliphatic carbocycles. The van der Waals surface area contributed by atoms with Crippen LogP contribution >= 0.6 is 0 Å². The molecule has 0 spiro atoms. The van der Waals surface area contributed by atoms with Crippen molar-refractivity contribution in [2.24, 2.45) is 57.2 Å². The Morgan fingerprint density at radius 1 is 0.875 bits per heavy atom. The number of rotatable bonds is 4. The van der Waals surface area contributed by atoms with Gasteiger partial charge in [-0.25, -0.2) is 0 Å². The van der Waals surface area contributed by atoms with Crippen LogP contribution in [0.5, 0.6) is 0 Å². The number of aliphatic hydroxyl groups is 1. The fourth-order valence-electron chi connectivity index (χ4n) is 10.6. The Morgan fingerprint density at radius 2 is 1.56 bits per heavy atom. The molecule has 3 fully saturated rings. The predicted octanol–water partition coefficient (Wildman–Crippen LogP) is 8.41. The van der Waals surface area contributed by atoms with Gasteiger partial charge < -0.3 is 5.11 Å². The normalized spacial score (nSPS) is 52.8. The number of hydrogen-bond donors (Lipinski definition) is 1. The maximum absolute atomic E-state index is 10.8. The first-order valence-electron chi connectivity index (χ1n) is 14.3. The fraction of sp³-hybridized carbons (Fsp3) is 0.935. The summed E-state index contributed by atoms with van der Waals surface area (Å²) >= 11 is 0. The van der Waals surface area contributed by atoms with E-state index >= 15 is 0 Å². The number of allylic oxidation sites excluding steroid dienone is 2. The SMILES string of the molecule is CC1C(C)C1CC[C@@H](C)C1CC[C@@]2(C)C3=C(CC[C@]12C)[C@@]1(C)CC[C@H](O)C(C)(C)C1CC3. The molecule has 1 N–H and O–H groups in total. The van der Waals surface area contributed by atoms with Gasteiger partial charge in [-0.15, -0.1) is 0 Å². The average molecular weight is 441 g/mol. The molecule has 4 unspecified atom stereocenters. The number of hydrogen-bond acceptors (Lipinski definition) is 1. The Labute approximate surface area is 199 Å². The van der Waals surface area contributed by atoms with Crippen LogP contribution in [0.1, 0.15) is 120 Å². The van der Waals surface area contributed by atoms with Gasteiger partial charge in [-0.3, -0.25) is 0 Å². The summed E-state index contributed by atoms with van der Waals surface area (Å²) in [7, 11) is 0. The lowest BCUT2D eigenvalue weighted by molar-refractivity contribution is -0.0962. The van der Waals surface area contributed by atoms with Gasteiger partial charge in [0.1, 0.15) is 0 Å². The highest BCUT2D eigenvalue weighted by Crippen LogP contribution is 2.72. The van der Waals surface area contributed by atoms with E-state index in [0.29, 0.717) is 22.2 Å². The molecule has 0 aromatic carbocycles. The molecular weight excluding hydrogens is 388 g/mol. The van der Waals surface area contributed by atoms with E-state index in [-0.39, 0.29) is 11.5 Å². The smallest absolute Gasteiger partial charge is 0.0594 e. The van der Waals surface area contributed by atoms with Gasteiger partial charge in [0.2, 0.25) is 0 Å². The zero-order valence-corrected chi connectivity index (χ0v) is 22.6. The Kier molecular flexibility index (Phi) is 5.38. The minimum atomic E-state index is -0.124. The van der Waals surface area contributed by atoms with Crippen LogP contribution in [-0.2, 0) is 0 Å². The van der Waals surface area contributed by atoms with Crippen LogP contribution in [0.25, 0.3) is 0 Å². The highest BCUT2D eigenvalue weighted by molar-refractivity contribution is 5.38.